The van der Waals surface area contributed by atoms with Crippen LogP contribution in [0.2, 0.25) is 0 Å². The zero-order chi connectivity index (χ0) is 14.6. The third-order valence-corrected chi connectivity index (χ3v) is 4.94. The summed E-state index contributed by atoms with van der Waals surface area (Å²) in [5.41, 5.74) is 5.99. The normalized spacial score (nSPS) is 33.6. The van der Waals surface area contributed by atoms with Gasteiger partial charge >= 0.3 is 0 Å². The van der Waals surface area contributed by atoms with Crippen molar-refractivity contribution in [3.05, 3.63) is 0 Å². The van der Waals surface area contributed by atoms with Gasteiger partial charge < -0.3 is 16.0 Å². The Hall–Kier alpha value is -0.610. The van der Waals surface area contributed by atoms with Crippen LogP contribution in [0.15, 0.2) is 0 Å². The van der Waals surface area contributed by atoms with Crippen molar-refractivity contribution in [3.8, 4) is 0 Å². The van der Waals surface area contributed by atoms with E-state index >= 15 is 0 Å². The van der Waals surface area contributed by atoms with Crippen molar-refractivity contribution in [1.82, 2.24) is 10.2 Å². The van der Waals surface area contributed by atoms with Gasteiger partial charge in [-0.05, 0) is 52.6 Å². The number of amides is 1. The molecule has 3 N–H and O–H groups in total. The molecule has 0 aromatic carbocycles. The van der Waals surface area contributed by atoms with Gasteiger partial charge in [0, 0.05) is 18.1 Å². The van der Waals surface area contributed by atoms with Gasteiger partial charge in [0.05, 0.1) is 5.92 Å². The maximum absolute atomic E-state index is 12.5. The second-order valence-electron chi connectivity index (χ2n) is 7.08. The van der Waals surface area contributed by atoms with Crippen LogP contribution in [0.3, 0.4) is 0 Å². The van der Waals surface area contributed by atoms with Gasteiger partial charge in [-0.15, -0.1) is 0 Å². The molecule has 3 atom stereocenters. The third kappa shape index (κ3) is 4.19. The molecule has 2 rings (SSSR count). The van der Waals surface area contributed by atoms with E-state index in [1.54, 1.807) is 0 Å². The van der Waals surface area contributed by atoms with Crippen molar-refractivity contribution in [2.45, 2.75) is 70.4 Å². The number of hydrogen-bond acceptors (Lipinski definition) is 3. The molecule has 0 spiro atoms. The fourth-order valence-electron chi connectivity index (χ4n) is 3.71. The lowest BCUT2D eigenvalue weighted by Crippen LogP contribution is -2.55. The molecule has 1 aliphatic carbocycles. The van der Waals surface area contributed by atoms with Crippen molar-refractivity contribution < 1.29 is 4.79 Å². The number of piperidine rings is 1. The van der Waals surface area contributed by atoms with Gasteiger partial charge in [0.2, 0.25) is 5.91 Å². The fraction of sp³-hybridized carbons (Fsp3) is 0.938. The Morgan fingerprint density at radius 2 is 2.00 bits per heavy atom. The molecule has 0 radical (unpaired) electrons. The molecule has 4 nitrogen and oxygen atoms in total. The number of hydrogen-bond donors (Lipinski definition) is 2. The van der Waals surface area contributed by atoms with E-state index in [1.807, 2.05) is 6.92 Å². The van der Waals surface area contributed by atoms with Crippen LogP contribution >= 0.6 is 0 Å². The lowest BCUT2D eigenvalue weighted by Gasteiger charge is -2.38. The molecule has 1 heterocycles. The Bertz CT molecular complexity index is 324. The summed E-state index contributed by atoms with van der Waals surface area (Å²) < 4.78 is 0. The van der Waals surface area contributed by atoms with Gasteiger partial charge in [0.1, 0.15) is 0 Å². The largest absolute Gasteiger partial charge is 0.352 e. The van der Waals surface area contributed by atoms with E-state index in [9.17, 15) is 4.79 Å². The second-order valence-corrected chi connectivity index (χ2v) is 7.08. The van der Waals surface area contributed by atoms with Crippen molar-refractivity contribution in [3.63, 3.8) is 0 Å². The smallest absolute Gasteiger partial charge is 0.225 e. The quantitative estimate of drug-likeness (QED) is 0.827. The summed E-state index contributed by atoms with van der Waals surface area (Å²) in [6, 6.07) is 0.221. The Labute approximate surface area is 123 Å². The molecule has 1 aliphatic heterocycles. The fourth-order valence-corrected chi connectivity index (χ4v) is 3.71. The zero-order valence-corrected chi connectivity index (χ0v) is 13.2. The number of carbonyl (C=O) groups excluding carboxylic acids is 1. The third-order valence-electron chi connectivity index (χ3n) is 4.94. The standard InChI is InChI=1S/C16H31N3O/c1-13(12-19-10-6-3-7-11-19)18-15(20)14-8-4-5-9-16(14,2)17/h13-14H,3-12,17H2,1-2H3,(H,18,20). The minimum Gasteiger partial charge on any atom is -0.352 e. The predicted octanol–water partition coefficient (Wildman–Crippen LogP) is 1.88. The Morgan fingerprint density at radius 3 is 2.65 bits per heavy atom. The minimum atomic E-state index is -0.326. The Balaban J connectivity index is 1.80. The Morgan fingerprint density at radius 1 is 1.30 bits per heavy atom. The molecule has 1 saturated carbocycles. The first-order valence-corrected chi connectivity index (χ1v) is 8.30. The van der Waals surface area contributed by atoms with E-state index in [4.69, 9.17) is 5.73 Å². The lowest BCUT2D eigenvalue weighted by atomic mass is 9.74. The average molecular weight is 281 g/mol. The predicted molar refractivity (Wildman–Crippen MR) is 82.4 cm³/mol. The molecule has 20 heavy (non-hydrogen) atoms. The van der Waals surface area contributed by atoms with Gasteiger partial charge in [-0.2, -0.15) is 0 Å². The van der Waals surface area contributed by atoms with E-state index in [-0.39, 0.29) is 23.4 Å². The number of carbonyl (C=O) groups is 1. The molecule has 2 aliphatic rings. The highest BCUT2D eigenvalue weighted by Crippen LogP contribution is 2.31. The average Bonchev–Trinajstić information content (AvgIpc) is 2.38. The number of nitrogens with one attached hydrogen (secondary N) is 1. The second kappa shape index (κ2) is 6.90. The molecule has 3 unspecified atom stereocenters. The maximum Gasteiger partial charge on any atom is 0.225 e. The van der Waals surface area contributed by atoms with Gasteiger partial charge in [0.25, 0.3) is 0 Å². The Kier molecular flexibility index (Phi) is 5.44. The summed E-state index contributed by atoms with van der Waals surface area (Å²) >= 11 is 0. The minimum absolute atomic E-state index is 0.0138. The topological polar surface area (TPSA) is 58.4 Å². The first-order valence-electron chi connectivity index (χ1n) is 8.30. The summed E-state index contributed by atoms with van der Waals surface area (Å²) in [7, 11) is 0. The summed E-state index contributed by atoms with van der Waals surface area (Å²) in [4.78, 5) is 14.9. The number of nitrogens with two attached hydrogens (primary N) is 1. The van der Waals surface area contributed by atoms with Crippen molar-refractivity contribution >= 4 is 5.91 Å². The molecule has 1 amide bonds. The van der Waals surface area contributed by atoms with Gasteiger partial charge in [-0.3, -0.25) is 4.79 Å². The molecular formula is C16H31N3O. The van der Waals surface area contributed by atoms with Crippen LogP contribution in [0.4, 0.5) is 0 Å². The van der Waals surface area contributed by atoms with E-state index in [0.29, 0.717) is 0 Å². The summed E-state index contributed by atoms with van der Waals surface area (Å²) in [5, 5.41) is 3.19. The van der Waals surface area contributed by atoms with Crippen LogP contribution in [0, 0.1) is 5.92 Å². The monoisotopic (exact) mass is 281 g/mol. The molecule has 0 bridgehead atoms. The van der Waals surface area contributed by atoms with E-state index in [2.05, 4.69) is 17.1 Å². The summed E-state index contributed by atoms with van der Waals surface area (Å²) in [6.07, 6.45) is 8.13. The van der Waals surface area contributed by atoms with E-state index < -0.39 is 0 Å². The lowest BCUT2D eigenvalue weighted by molar-refractivity contribution is -0.128. The van der Waals surface area contributed by atoms with E-state index in [1.165, 1.54) is 32.4 Å². The first kappa shape index (κ1) is 15.8. The summed E-state index contributed by atoms with van der Waals surface area (Å²) in [6.45, 7) is 7.48. The van der Waals surface area contributed by atoms with Crippen molar-refractivity contribution in [1.29, 1.82) is 0 Å². The van der Waals surface area contributed by atoms with E-state index in [0.717, 1.165) is 32.2 Å². The SMILES string of the molecule is CC(CN1CCCCC1)NC(=O)C1CCCCC1(C)N. The van der Waals surface area contributed by atoms with Crippen LogP contribution < -0.4 is 11.1 Å². The molecule has 4 heteroatoms. The highest BCUT2D eigenvalue weighted by atomic mass is 16.2. The molecular weight excluding hydrogens is 250 g/mol. The van der Waals surface area contributed by atoms with Gasteiger partial charge in [-0.25, -0.2) is 0 Å². The summed E-state index contributed by atoms with van der Waals surface area (Å²) in [5.74, 6) is 0.152. The highest BCUT2D eigenvalue weighted by molar-refractivity contribution is 5.80. The van der Waals surface area contributed by atoms with Gasteiger partial charge in [-0.1, -0.05) is 19.3 Å². The number of likely N-dealkylation sites (tertiary alicyclic amines) is 1. The number of nitrogens with zero attached hydrogens (tertiary/aromatic N) is 1. The molecule has 1 saturated heterocycles. The van der Waals surface area contributed by atoms with Crippen LogP contribution in [-0.2, 0) is 4.79 Å². The van der Waals surface area contributed by atoms with Gasteiger partial charge in [0.15, 0.2) is 0 Å². The van der Waals surface area contributed by atoms with Crippen LogP contribution in [0.5, 0.6) is 0 Å². The molecule has 0 aromatic rings. The van der Waals surface area contributed by atoms with Crippen LogP contribution in [-0.4, -0.2) is 42.0 Å². The highest BCUT2D eigenvalue weighted by Gasteiger charge is 2.38. The molecule has 0 aromatic heterocycles. The first-order chi connectivity index (χ1) is 9.49. The maximum atomic E-state index is 12.5. The van der Waals surface area contributed by atoms with Crippen LogP contribution in [0.1, 0.15) is 58.8 Å². The van der Waals surface area contributed by atoms with Crippen molar-refractivity contribution in [2.24, 2.45) is 11.7 Å². The molecule has 2 fully saturated rings. The zero-order valence-electron chi connectivity index (χ0n) is 13.2. The number of rotatable bonds is 4. The van der Waals surface area contributed by atoms with Crippen LogP contribution in [0.25, 0.3) is 0 Å². The molecule has 116 valence electrons. The van der Waals surface area contributed by atoms with Crippen molar-refractivity contribution in [2.75, 3.05) is 19.6 Å².